The van der Waals surface area contributed by atoms with E-state index in [9.17, 15) is 13.2 Å². The molecule has 0 aliphatic heterocycles. The molecule has 0 bridgehead atoms. The number of sulfonamides is 1. The third-order valence-electron chi connectivity index (χ3n) is 4.06. The van der Waals surface area contributed by atoms with Crippen molar-refractivity contribution >= 4 is 27.3 Å². The van der Waals surface area contributed by atoms with Crippen LogP contribution in [0.3, 0.4) is 0 Å². The third kappa shape index (κ3) is 4.86. The zero-order valence-electron chi connectivity index (χ0n) is 16.4. The number of rotatable bonds is 8. The highest BCUT2D eigenvalue weighted by atomic mass is 32.2. The van der Waals surface area contributed by atoms with Crippen molar-refractivity contribution in [1.29, 1.82) is 0 Å². The van der Waals surface area contributed by atoms with Gasteiger partial charge in [0.15, 0.2) is 0 Å². The highest BCUT2D eigenvalue weighted by Crippen LogP contribution is 2.30. The van der Waals surface area contributed by atoms with Crippen molar-refractivity contribution < 1.29 is 27.4 Å². The van der Waals surface area contributed by atoms with E-state index in [0.29, 0.717) is 28.6 Å². The highest BCUT2D eigenvalue weighted by Gasteiger charge is 2.30. The van der Waals surface area contributed by atoms with E-state index < -0.39 is 22.0 Å². The first kappa shape index (κ1) is 21.4. The van der Waals surface area contributed by atoms with Gasteiger partial charge in [0.25, 0.3) is 0 Å². The van der Waals surface area contributed by atoms with E-state index in [4.69, 9.17) is 14.2 Å². The van der Waals surface area contributed by atoms with Gasteiger partial charge in [-0.1, -0.05) is 6.07 Å². The van der Waals surface area contributed by atoms with E-state index >= 15 is 0 Å². The van der Waals surface area contributed by atoms with Gasteiger partial charge in [0.05, 0.1) is 39.0 Å². The van der Waals surface area contributed by atoms with E-state index in [1.54, 1.807) is 42.5 Å². The van der Waals surface area contributed by atoms with Crippen LogP contribution < -0.4 is 23.8 Å². The number of carbonyl (C=O) groups is 1. The van der Waals surface area contributed by atoms with Crippen molar-refractivity contribution in [2.45, 2.75) is 13.0 Å². The van der Waals surface area contributed by atoms with Crippen LogP contribution >= 0.6 is 0 Å². The van der Waals surface area contributed by atoms with Gasteiger partial charge in [-0.15, -0.1) is 0 Å². The number of benzene rings is 2. The van der Waals surface area contributed by atoms with Gasteiger partial charge < -0.3 is 19.5 Å². The fourth-order valence-electron chi connectivity index (χ4n) is 2.70. The molecule has 2 rings (SSSR count). The molecule has 0 saturated heterocycles. The monoisotopic (exact) mass is 408 g/mol. The average molecular weight is 408 g/mol. The summed E-state index contributed by atoms with van der Waals surface area (Å²) in [5.74, 6) is 0.927. The fraction of sp³-hybridized carbons (Fsp3) is 0.316. The summed E-state index contributed by atoms with van der Waals surface area (Å²) in [6.45, 7) is 1.51. The number of carbonyl (C=O) groups excluding carboxylic acids is 1. The Balaban J connectivity index is 2.34. The summed E-state index contributed by atoms with van der Waals surface area (Å²) >= 11 is 0. The van der Waals surface area contributed by atoms with Gasteiger partial charge in [-0.05, 0) is 31.2 Å². The molecule has 0 aliphatic rings. The number of hydrogen-bond donors (Lipinski definition) is 1. The molecule has 2 aromatic rings. The van der Waals surface area contributed by atoms with Gasteiger partial charge in [0, 0.05) is 12.1 Å². The van der Waals surface area contributed by atoms with Gasteiger partial charge in [-0.2, -0.15) is 0 Å². The zero-order chi connectivity index (χ0) is 20.9. The third-order valence-corrected chi connectivity index (χ3v) is 5.30. The van der Waals surface area contributed by atoms with E-state index in [1.165, 1.54) is 28.3 Å². The highest BCUT2D eigenvalue weighted by molar-refractivity contribution is 7.92. The number of anilines is 2. The molecule has 0 fully saturated rings. The summed E-state index contributed by atoms with van der Waals surface area (Å²) < 4.78 is 41.4. The van der Waals surface area contributed by atoms with E-state index in [0.717, 1.165) is 10.6 Å². The second-order valence-corrected chi connectivity index (χ2v) is 7.85. The number of hydrogen-bond acceptors (Lipinski definition) is 6. The maximum atomic E-state index is 12.8. The lowest BCUT2D eigenvalue weighted by Crippen LogP contribution is -2.45. The molecule has 8 nitrogen and oxygen atoms in total. The standard InChI is InChI=1S/C19H24N2O6S/c1-13(19(22)20-17-10-9-16(26-3)12-18(17)27-4)21(28(5,23)24)14-7-6-8-15(11-14)25-2/h6-13H,1-5H3,(H,20,22). The minimum Gasteiger partial charge on any atom is -0.497 e. The number of methoxy groups -OCH3 is 3. The molecule has 1 unspecified atom stereocenters. The van der Waals surface area contributed by atoms with Crippen LogP contribution in [-0.2, 0) is 14.8 Å². The van der Waals surface area contributed by atoms with Crippen LogP contribution in [0.5, 0.6) is 17.2 Å². The van der Waals surface area contributed by atoms with Crippen molar-refractivity contribution in [3.63, 3.8) is 0 Å². The Hall–Kier alpha value is -2.94. The van der Waals surface area contributed by atoms with Gasteiger partial charge in [0.1, 0.15) is 23.3 Å². The van der Waals surface area contributed by atoms with Crippen molar-refractivity contribution in [2.75, 3.05) is 37.2 Å². The molecule has 0 saturated carbocycles. The van der Waals surface area contributed by atoms with Crippen molar-refractivity contribution in [1.82, 2.24) is 0 Å². The molecule has 2 aromatic carbocycles. The van der Waals surface area contributed by atoms with Gasteiger partial charge in [-0.3, -0.25) is 9.10 Å². The number of amides is 1. The predicted octanol–water partition coefficient (Wildman–Crippen LogP) is 2.51. The van der Waals surface area contributed by atoms with E-state index in [1.807, 2.05) is 0 Å². The SMILES string of the molecule is COc1cccc(N(C(C)C(=O)Nc2ccc(OC)cc2OC)S(C)(=O)=O)c1. The molecule has 0 spiro atoms. The number of ether oxygens (including phenoxy) is 3. The summed E-state index contributed by atoms with van der Waals surface area (Å²) in [4.78, 5) is 12.8. The van der Waals surface area contributed by atoms with Crippen LogP contribution in [0.2, 0.25) is 0 Å². The topological polar surface area (TPSA) is 94.2 Å². The van der Waals surface area contributed by atoms with E-state index in [2.05, 4.69) is 5.32 Å². The van der Waals surface area contributed by atoms with Crippen LogP contribution in [0.1, 0.15) is 6.92 Å². The molecule has 0 aliphatic carbocycles. The minimum atomic E-state index is -3.74. The molecular weight excluding hydrogens is 384 g/mol. The van der Waals surface area contributed by atoms with Crippen LogP contribution in [0.25, 0.3) is 0 Å². The Morgan fingerprint density at radius 1 is 1.00 bits per heavy atom. The van der Waals surface area contributed by atoms with Gasteiger partial charge in [-0.25, -0.2) is 8.42 Å². The Morgan fingerprint density at radius 2 is 1.64 bits per heavy atom. The van der Waals surface area contributed by atoms with Crippen LogP contribution in [0.4, 0.5) is 11.4 Å². The fourth-order valence-corrected chi connectivity index (χ4v) is 3.86. The Bertz CT molecular complexity index is 945. The largest absolute Gasteiger partial charge is 0.497 e. The summed E-state index contributed by atoms with van der Waals surface area (Å²) in [7, 11) is 0.728. The molecule has 0 radical (unpaired) electrons. The maximum absolute atomic E-state index is 12.8. The summed E-state index contributed by atoms with van der Waals surface area (Å²) in [5.41, 5.74) is 0.727. The van der Waals surface area contributed by atoms with Gasteiger partial charge >= 0.3 is 0 Å². The van der Waals surface area contributed by atoms with Crippen LogP contribution in [0.15, 0.2) is 42.5 Å². The molecule has 0 aromatic heterocycles. The molecule has 9 heteroatoms. The molecule has 1 N–H and O–H groups in total. The Kier molecular flexibility index (Phi) is 6.74. The van der Waals surface area contributed by atoms with Crippen molar-refractivity contribution in [3.8, 4) is 17.2 Å². The lowest BCUT2D eigenvalue weighted by Gasteiger charge is -2.28. The first-order valence-corrected chi connectivity index (χ1v) is 10.2. The molecule has 1 amide bonds. The number of nitrogens with zero attached hydrogens (tertiary/aromatic N) is 1. The zero-order valence-corrected chi connectivity index (χ0v) is 17.2. The first-order chi connectivity index (χ1) is 13.2. The van der Waals surface area contributed by atoms with Gasteiger partial charge in [0.2, 0.25) is 15.9 Å². The summed E-state index contributed by atoms with van der Waals surface area (Å²) in [6.07, 6.45) is 1.05. The maximum Gasteiger partial charge on any atom is 0.248 e. The van der Waals surface area contributed by atoms with Crippen LogP contribution in [-0.4, -0.2) is 48.0 Å². The molecule has 0 heterocycles. The second-order valence-electron chi connectivity index (χ2n) is 5.99. The van der Waals surface area contributed by atoms with Crippen molar-refractivity contribution in [2.24, 2.45) is 0 Å². The second kappa shape index (κ2) is 8.83. The van der Waals surface area contributed by atoms with Crippen LogP contribution in [0, 0.1) is 0 Å². The molecule has 152 valence electrons. The molecule has 1 atom stereocenters. The molecule has 28 heavy (non-hydrogen) atoms. The lowest BCUT2D eigenvalue weighted by atomic mass is 10.2. The van der Waals surface area contributed by atoms with E-state index in [-0.39, 0.29) is 0 Å². The smallest absolute Gasteiger partial charge is 0.248 e. The minimum absolute atomic E-state index is 0.325. The summed E-state index contributed by atoms with van der Waals surface area (Å²) in [5, 5.41) is 2.71. The van der Waals surface area contributed by atoms with Crippen molar-refractivity contribution in [3.05, 3.63) is 42.5 Å². The Labute approximate surface area is 165 Å². The Morgan fingerprint density at radius 3 is 2.21 bits per heavy atom. The average Bonchev–Trinajstić information content (AvgIpc) is 2.67. The normalized spacial score (nSPS) is 12.0. The first-order valence-electron chi connectivity index (χ1n) is 8.37. The lowest BCUT2D eigenvalue weighted by molar-refractivity contribution is -0.116. The molecular formula is C19H24N2O6S. The summed E-state index contributed by atoms with van der Waals surface area (Å²) in [6, 6.07) is 10.4. The predicted molar refractivity (Wildman–Crippen MR) is 108 cm³/mol. The number of nitrogens with one attached hydrogen (secondary N) is 1. The quantitative estimate of drug-likeness (QED) is 0.721.